The minimum absolute atomic E-state index is 0.0845. The van der Waals surface area contributed by atoms with E-state index >= 15 is 0 Å². The second-order valence-electron chi connectivity index (χ2n) is 5.70. The first-order valence-electron chi connectivity index (χ1n) is 8.13. The third-order valence-electron chi connectivity index (χ3n) is 3.98. The molecule has 1 fully saturated rings. The highest BCUT2D eigenvalue weighted by Gasteiger charge is 2.27. The number of carbonyl (C=O) groups is 2. The highest BCUT2D eigenvalue weighted by atomic mass is 16.2. The molecule has 1 aromatic rings. The van der Waals surface area contributed by atoms with Crippen LogP contribution in [-0.2, 0) is 17.8 Å². The molecule has 0 unspecified atom stereocenters. The van der Waals surface area contributed by atoms with E-state index < -0.39 is 0 Å². The topological polar surface area (TPSA) is 77.0 Å². The lowest BCUT2D eigenvalue weighted by Gasteiger charge is -2.23. The van der Waals surface area contributed by atoms with E-state index in [1.807, 2.05) is 11.9 Å². The van der Waals surface area contributed by atoms with E-state index in [0.717, 1.165) is 18.9 Å². The van der Waals surface area contributed by atoms with E-state index in [0.29, 0.717) is 13.1 Å². The molecule has 2 rings (SSSR count). The Morgan fingerprint density at radius 3 is 2.50 bits per heavy atom. The summed E-state index contributed by atoms with van der Waals surface area (Å²) in [5.74, 6) is 0.530. The standard InChI is InChI=1S/C17H25N5O2/c1-4-13-5-7-14(8-6-13)12-21(3)16(18-2)19-9-10-22-15(23)11-20-17(22)24/h5-8H,4,9-12H2,1-3H3,(H,18,19)(H,20,24). The molecule has 7 nitrogen and oxygen atoms in total. The molecule has 1 aliphatic heterocycles. The van der Waals surface area contributed by atoms with Crippen molar-refractivity contribution in [1.29, 1.82) is 0 Å². The van der Waals surface area contributed by atoms with Gasteiger partial charge in [-0.1, -0.05) is 31.2 Å². The molecule has 0 saturated carbocycles. The molecule has 0 aromatic heterocycles. The fourth-order valence-electron chi connectivity index (χ4n) is 2.57. The maximum absolute atomic E-state index is 11.5. The number of carbonyl (C=O) groups excluding carboxylic acids is 2. The first-order valence-corrected chi connectivity index (χ1v) is 8.13. The van der Waals surface area contributed by atoms with Crippen LogP contribution in [0.1, 0.15) is 18.1 Å². The van der Waals surface area contributed by atoms with Crippen LogP contribution < -0.4 is 10.6 Å². The van der Waals surface area contributed by atoms with Gasteiger partial charge in [-0.05, 0) is 17.5 Å². The lowest BCUT2D eigenvalue weighted by Crippen LogP contribution is -2.43. The number of rotatable bonds is 6. The van der Waals surface area contributed by atoms with Crippen molar-refractivity contribution in [2.75, 3.05) is 33.7 Å². The molecular weight excluding hydrogens is 306 g/mol. The smallest absolute Gasteiger partial charge is 0.324 e. The summed E-state index contributed by atoms with van der Waals surface area (Å²) in [7, 11) is 3.67. The van der Waals surface area contributed by atoms with Crippen LogP contribution in [0.4, 0.5) is 4.79 Å². The predicted octanol–water partition coefficient (Wildman–Crippen LogP) is 0.808. The summed E-state index contributed by atoms with van der Waals surface area (Å²) in [6.45, 7) is 3.74. The number of amides is 3. The third-order valence-corrected chi connectivity index (χ3v) is 3.98. The number of nitrogens with zero attached hydrogens (tertiary/aromatic N) is 3. The van der Waals surface area contributed by atoms with Gasteiger partial charge in [0.05, 0.1) is 6.54 Å². The van der Waals surface area contributed by atoms with Gasteiger partial charge in [0.15, 0.2) is 5.96 Å². The average molecular weight is 331 g/mol. The molecule has 0 bridgehead atoms. The summed E-state index contributed by atoms with van der Waals surface area (Å²) in [6, 6.07) is 8.18. The highest BCUT2D eigenvalue weighted by Crippen LogP contribution is 2.07. The van der Waals surface area contributed by atoms with E-state index in [2.05, 4.69) is 46.8 Å². The number of aliphatic imine (C=N–C) groups is 1. The minimum atomic E-state index is -0.332. The van der Waals surface area contributed by atoms with Crippen LogP contribution in [0.25, 0.3) is 0 Å². The second kappa shape index (κ2) is 8.33. The molecule has 1 aromatic carbocycles. The molecule has 1 saturated heterocycles. The third kappa shape index (κ3) is 4.47. The molecule has 130 valence electrons. The van der Waals surface area contributed by atoms with Crippen molar-refractivity contribution in [3.05, 3.63) is 35.4 Å². The summed E-state index contributed by atoms with van der Waals surface area (Å²) >= 11 is 0. The Hall–Kier alpha value is -2.57. The van der Waals surface area contributed by atoms with Crippen molar-refractivity contribution in [3.63, 3.8) is 0 Å². The van der Waals surface area contributed by atoms with Crippen LogP contribution >= 0.6 is 0 Å². The molecule has 0 spiro atoms. The van der Waals surface area contributed by atoms with Gasteiger partial charge in [-0.25, -0.2) is 4.79 Å². The molecule has 1 heterocycles. The Bertz CT molecular complexity index is 596. The van der Waals surface area contributed by atoms with Gasteiger partial charge in [-0.3, -0.25) is 14.7 Å². The van der Waals surface area contributed by atoms with Crippen LogP contribution in [-0.4, -0.2) is 61.4 Å². The summed E-state index contributed by atoms with van der Waals surface area (Å²) in [5.41, 5.74) is 2.52. The zero-order valence-corrected chi connectivity index (χ0v) is 14.5. The quantitative estimate of drug-likeness (QED) is 0.459. The summed E-state index contributed by atoms with van der Waals surface area (Å²) in [5, 5.41) is 5.69. The Kier molecular flexibility index (Phi) is 6.17. The number of hydrogen-bond acceptors (Lipinski definition) is 3. The number of nitrogens with one attached hydrogen (secondary N) is 2. The molecule has 0 aliphatic carbocycles. The fourth-order valence-corrected chi connectivity index (χ4v) is 2.57. The van der Waals surface area contributed by atoms with Crippen LogP contribution in [0.2, 0.25) is 0 Å². The minimum Gasteiger partial charge on any atom is -0.354 e. The van der Waals surface area contributed by atoms with Crippen LogP contribution in [0.3, 0.4) is 0 Å². The van der Waals surface area contributed by atoms with Gasteiger partial charge in [0.25, 0.3) is 0 Å². The maximum Gasteiger partial charge on any atom is 0.324 e. The normalized spacial score (nSPS) is 14.8. The SMILES string of the molecule is CCc1ccc(CN(C)C(=NC)NCCN2C(=O)CNC2=O)cc1. The number of benzene rings is 1. The Morgan fingerprint density at radius 1 is 1.29 bits per heavy atom. The molecule has 7 heteroatoms. The van der Waals surface area contributed by atoms with Gasteiger partial charge in [0.2, 0.25) is 5.91 Å². The van der Waals surface area contributed by atoms with Crippen molar-refractivity contribution < 1.29 is 9.59 Å². The number of guanidine groups is 1. The second-order valence-corrected chi connectivity index (χ2v) is 5.70. The molecule has 24 heavy (non-hydrogen) atoms. The van der Waals surface area contributed by atoms with E-state index in [1.165, 1.54) is 16.0 Å². The number of urea groups is 1. The largest absolute Gasteiger partial charge is 0.354 e. The monoisotopic (exact) mass is 331 g/mol. The number of imide groups is 1. The zero-order chi connectivity index (χ0) is 17.5. The van der Waals surface area contributed by atoms with Crippen molar-refractivity contribution in [1.82, 2.24) is 20.4 Å². The lowest BCUT2D eigenvalue weighted by atomic mass is 10.1. The van der Waals surface area contributed by atoms with Crippen LogP contribution in [0.15, 0.2) is 29.3 Å². The molecule has 3 amide bonds. The van der Waals surface area contributed by atoms with E-state index in [-0.39, 0.29) is 18.5 Å². The Balaban J connectivity index is 1.83. The van der Waals surface area contributed by atoms with Gasteiger partial charge in [-0.15, -0.1) is 0 Å². The Morgan fingerprint density at radius 2 is 1.96 bits per heavy atom. The lowest BCUT2D eigenvalue weighted by molar-refractivity contribution is -0.124. The maximum atomic E-state index is 11.5. The van der Waals surface area contributed by atoms with Gasteiger partial charge in [0, 0.05) is 33.7 Å². The zero-order valence-electron chi connectivity index (χ0n) is 14.5. The number of hydrogen-bond donors (Lipinski definition) is 2. The van der Waals surface area contributed by atoms with Gasteiger partial charge >= 0.3 is 6.03 Å². The van der Waals surface area contributed by atoms with Gasteiger partial charge in [-0.2, -0.15) is 0 Å². The molecule has 2 N–H and O–H groups in total. The van der Waals surface area contributed by atoms with Gasteiger partial charge < -0.3 is 15.5 Å². The van der Waals surface area contributed by atoms with E-state index in [1.54, 1.807) is 7.05 Å². The van der Waals surface area contributed by atoms with Crippen LogP contribution in [0.5, 0.6) is 0 Å². The van der Waals surface area contributed by atoms with Crippen molar-refractivity contribution >= 4 is 17.9 Å². The van der Waals surface area contributed by atoms with Gasteiger partial charge in [0.1, 0.15) is 0 Å². The first kappa shape index (κ1) is 17.8. The first-order chi connectivity index (χ1) is 11.5. The summed E-state index contributed by atoms with van der Waals surface area (Å²) < 4.78 is 0. The Labute approximate surface area is 142 Å². The van der Waals surface area contributed by atoms with Crippen molar-refractivity contribution in [2.45, 2.75) is 19.9 Å². The summed E-state index contributed by atoms with van der Waals surface area (Å²) in [6.07, 6.45) is 1.03. The molecule has 1 aliphatic rings. The van der Waals surface area contributed by atoms with E-state index in [9.17, 15) is 9.59 Å². The van der Waals surface area contributed by atoms with Crippen molar-refractivity contribution in [2.24, 2.45) is 4.99 Å². The fraction of sp³-hybridized carbons (Fsp3) is 0.471. The number of aryl methyl sites for hydroxylation is 1. The molecular formula is C17H25N5O2. The average Bonchev–Trinajstić information content (AvgIpc) is 2.91. The van der Waals surface area contributed by atoms with E-state index in [4.69, 9.17) is 0 Å². The summed E-state index contributed by atoms with van der Waals surface area (Å²) in [4.78, 5) is 30.5. The predicted molar refractivity (Wildman–Crippen MR) is 93.8 cm³/mol. The molecule has 0 atom stereocenters. The highest BCUT2D eigenvalue weighted by molar-refractivity contribution is 6.01. The van der Waals surface area contributed by atoms with Crippen molar-refractivity contribution in [3.8, 4) is 0 Å². The van der Waals surface area contributed by atoms with Crippen LogP contribution in [0, 0.1) is 0 Å². The molecule has 0 radical (unpaired) electrons.